The molecule has 2 amide bonds. The fraction of sp³-hybridized carbons (Fsp3) is 0.378. The van der Waals surface area contributed by atoms with E-state index in [0.717, 1.165) is 43.1 Å². The van der Waals surface area contributed by atoms with Crippen LogP contribution < -0.4 is 23.8 Å². The zero-order valence-corrected chi connectivity index (χ0v) is 31.2. The molecule has 2 aliphatic rings. The van der Waals surface area contributed by atoms with Crippen molar-refractivity contribution in [3.05, 3.63) is 69.5 Å². The summed E-state index contributed by atoms with van der Waals surface area (Å²) in [6, 6.07) is 8.22. The molecule has 0 spiro atoms. The van der Waals surface area contributed by atoms with E-state index in [4.69, 9.17) is 40.1 Å². The van der Waals surface area contributed by atoms with Gasteiger partial charge in [0.15, 0.2) is 6.61 Å². The molecule has 2 aromatic carbocycles. The fourth-order valence-corrected chi connectivity index (χ4v) is 5.74. The predicted octanol–water partition coefficient (Wildman–Crippen LogP) is 6.69. The number of methoxy groups -OCH3 is 2. The van der Waals surface area contributed by atoms with Gasteiger partial charge in [-0.3, -0.25) is 9.59 Å². The van der Waals surface area contributed by atoms with E-state index in [1.165, 1.54) is 39.5 Å². The number of benzene rings is 2. The van der Waals surface area contributed by atoms with Crippen molar-refractivity contribution in [3.8, 4) is 29.3 Å². The Hall–Kier alpha value is -5.77. The number of carboxylic acid groups (broad SMARTS) is 1. The van der Waals surface area contributed by atoms with Crippen LogP contribution in [-0.4, -0.2) is 79.1 Å². The summed E-state index contributed by atoms with van der Waals surface area (Å²) in [5, 5.41) is 13.3. The number of aromatic carboxylic acids is 1. The lowest BCUT2D eigenvalue weighted by molar-refractivity contribution is -0.146. The van der Waals surface area contributed by atoms with E-state index in [1.54, 1.807) is 19.1 Å². The number of esters is 1. The van der Waals surface area contributed by atoms with E-state index in [-0.39, 0.29) is 45.5 Å². The minimum Gasteiger partial charge on any atom is -0.481 e. The van der Waals surface area contributed by atoms with Gasteiger partial charge in [0.1, 0.15) is 30.0 Å². The van der Waals surface area contributed by atoms with Gasteiger partial charge in [-0.05, 0) is 51.2 Å². The molecule has 0 radical (unpaired) electrons. The normalized spacial score (nSPS) is 13.8. The lowest BCUT2D eigenvalue weighted by Crippen LogP contribution is -2.32. The minimum absolute atomic E-state index is 0.000883. The number of carboxylic acids is 1. The maximum Gasteiger partial charge on any atom is 0.344 e. The van der Waals surface area contributed by atoms with Gasteiger partial charge >= 0.3 is 17.9 Å². The van der Waals surface area contributed by atoms with E-state index < -0.39 is 36.2 Å². The number of hydrogen-bond donors (Lipinski definition) is 1. The number of anilines is 1. The number of carbonyl (C=O) groups excluding carboxylic acids is 3. The second-order valence-corrected chi connectivity index (χ2v) is 12.1. The summed E-state index contributed by atoms with van der Waals surface area (Å²) in [5.41, 5.74) is 1.31. The van der Waals surface area contributed by atoms with Gasteiger partial charge < -0.3 is 33.6 Å². The van der Waals surface area contributed by atoms with Crippen molar-refractivity contribution in [3.63, 3.8) is 0 Å². The number of ether oxygens (including phenoxy) is 5. The van der Waals surface area contributed by atoms with Crippen molar-refractivity contribution in [1.29, 1.82) is 0 Å². The third-order valence-corrected chi connectivity index (χ3v) is 8.42. The first-order valence-electron chi connectivity index (χ1n) is 16.9. The monoisotopic (exact) mass is 770 g/mol. The number of aromatic nitrogens is 2. The number of unbranched alkanes of at least 4 members (excludes halogenated alkanes) is 2. The summed E-state index contributed by atoms with van der Waals surface area (Å²) in [7, 11) is 4.24. The summed E-state index contributed by atoms with van der Waals surface area (Å²) in [6.07, 6.45) is 5.40. The van der Waals surface area contributed by atoms with Crippen LogP contribution in [0.2, 0.25) is 5.02 Å². The molecule has 0 bridgehead atoms. The predicted molar refractivity (Wildman–Crippen MR) is 193 cm³/mol. The standard InChI is InChI=1S/C21H23ClFNO5.C16H17N3O6/c1-2-3-6-9-28-19(25)12-29-18-11-17(16(23)10-15(18)22)24-20(26)13-7-4-5-8-14(13)21(24)27;1-9(19-24-4)10-6-5-7-11(14(10)15(20)21)25-16-17-12(22-2)8-13(18-16)23-3/h10-11H,2-9,12H2,1H3;5-8H,1-4H3,(H,20,21). The summed E-state index contributed by atoms with van der Waals surface area (Å²) in [4.78, 5) is 62.4. The van der Waals surface area contributed by atoms with Gasteiger partial charge in [0.2, 0.25) is 11.8 Å². The molecule has 2 heterocycles. The van der Waals surface area contributed by atoms with Gasteiger partial charge in [0, 0.05) is 22.8 Å². The van der Waals surface area contributed by atoms with Crippen LogP contribution in [0, 0.1) is 5.82 Å². The van der Waals surface area contributed by atoms with E-state index >= 15 is 0 Å². The molecule has 54 heavy (non-hydrogen) atoms. The highest BCUT2D eigenvalue weighted by Gasteiger charge is 2.41. The number of rotatable bonds is 15. The Labute approximate surface area is 315 Å². The average Bonchev–Trinajstić information content (AvgIpc) is 3.41. The highest BCUT2D eigenvalue weighted by atomic mass is 35.5. The van der Waals surface area contributed by atoms with Crippen LogP contribution in [0.4, 0.5) is 10.1 Å². The molecule has 0 saturated heterocycles. The number of hydrogen-bond acceptors (Lipinski definition) is 13. The van der Waals surface area contributed by atoms with Crippen molar-refractivity contribution < 1.29 is 57.2 Å². The van der Waals surface area contributed by atoms with Crippen LogP contribution in [0.5, 0.6) is 29.3 Å². The molecular weight excluding hydrogens is 731 g/mol. The van der Waals surface area contributed by atoms with Crippen LogP contribution in [-0.2, 0) is 24.0 Å². The first-order valence-corrected chi connectivity index (χ1v) is 17.3. The highest BCUT2D eigenvalue weighted by molar-refractivity contribution is 6.34. The molecule has 1 aromatic heterocycles. The molecule has 1 aliphatic carbocycles. The van der Waals surface area contributed by atoms with Crippen molar-refractivity contribution in [2.24, 2.45) is 5.16 Å². The van der Waals surface area contributed by atoms with Crippen molar-refractivity contribution in [2.45, 2.75) is 58.8 Å². The van der Waals surface area contributed by atoms with Crippen molar-refractivity contribution in [1.82, 2.24) is 9.97 Å². The van der Waals surface area contributed by atoms with Crippen LogP contribution in [0.15, 0.2) is 52.7 Å². The molecule has 0 atom stereocenters. The molecule has 1 aliphatic heterocycles. The van der Waals surface area contributed by atoms with Crippen LogP contribution in [0.1, 0.15) is 74.7 Å². The lowest BCUT2D eigenvalue weighted by Gasteiger charge is -2.18. The Morgan fingerprint density at radius 1 is 0.963 bits per heavy atom. The van der Waals surface area contributed by atoms with Crippen molar-refractivity contribution in [2.75, 3.05) is 39.4 Å². The number of amides is 2. The molecule has 5 rings (SSSR count). The van der Waals surface area contributed by atoms with Gasteiger partial charge in [0.25, 0.3) is 11.8 Å². The first-order chi connectivity index (χ1) is 25.9. The number of oxime groups is 1. The van der Waals surface area contributed by atoms with E-state index in [1.807, 2.05) is 6.92 Å². The van der Waals surface area contributed by atoms with Crippen LogP contribution in [0.25, 0.3) is 0 Å². The SMILES string of the molecule is CCCCCOC(=O)COc1cc(N2C(=O)C3=C(CCCC3)C2=O)c(F)cc1Cl.CON=C(C)c1cccc(Oc2nc(OC)cc(OC)n2)c1C(=O)O. The maximum atomic E-state index is 14.5. The largest absolute Gasteiger partial charge is 0.481 e. The van der Waals surface area contributed by atoms with E-state index in [2.05, 4.69) is 15.1 Å². The lowest BCUT2D eigenvalue weighted by atomic mass is 9.93. The van der Waals surface area contributed by atoms with Gasteiger partial charge in [-0.15, -0.1) is 0 Å². The second kappa shape index (κ2) is 19.3. The topological polar surface area (TPSA) is 185 Å². The molecule has 288 valence electrons. The zero-order valence-electron chi connectivity index (χ0n) is 30.4. The van der Waals surface area contributed by atoms with Crippen molar-refractivity contribution >= 4 is 46.8 Å². The highest BCUT2D eigenvalue weighted by Crippen LogP contribution is 2.39. The third-order valence-electron chi connectivity index (χ3n) is 8.13. The molecule has 1 N–H and O–H groups in total. The number of imide groups is 1. The van der Waals surface area contributed by atoms with E-state index in [9.17, 15) is 28.7 Å². The number of nitrogens with zero attached hydrogens (tertiary/aromatic N) is 4. The molecule has 3 aromatic rings. The second-order valence-electron chi connectivity index (χ2n) is 11.7. The minimum atomic E-state index is -1.19. The summed E-state index contributed by atoms with van der Waals surface area (Å²) >= 11 is 6.02. The summed E-state index contributed by atoms with van der Waals surface area (Å²) < 4.78 is 40.6. The Morgan fingerprint density at radius 3 is 2.19 bits per heavy atom. The maximum absolute atomic E-state index is 14.5. The molecule has 17 heteroatoms. The van der Waals surface area contributed by atoms with Gasteiger partial charge in [0.05, 0.1) is 43.3 Å². The summed E-state index contributed by atoms with van der Waals surface area (Å²) in [6.45, 7) is 3.56. The Balaban J connectivity index is 0.000000244. The fourth-order valence-electron chi connectivity index (χ4n) is 5.54. The molecule has 0 unspecified atom stereocenters. The van der Waals surface area contributed by atoms with Gasteiger partial charge in [-0.2, -0.15) is 9.97 Å². The quantitative estimate of drug-likeness (QED) is 0.0567. The Morgan fingerprint density at radius 2 is 1.61 bits per heavy atom. The summed E-state index contributed by atoms with van der Waals surface area (Å²) in [5.74, 6) is -3.12. The van der Waals surface area contributed by atoms with Gasteiger partial charge in [-0.1, -0.05) is 48.7 Å². The Kier molecular flexibility index (Phi) is 14.7. The molecule has 15 nitrogen and oxygen atoms in total. The molecule has 0 fully saturated rings. The first kappa shape index (κ1) is 41.0. The van der Waals surface area contributed by atoms with Crippen LogP contribution >= 0.6 is 11.6 Å². The molecule has 0 saturated carbocycles. The number of halogens is 2. The average molecular weight is 771 g/mol. The number of carbonyl (C=O) groups is 4. The third kappa shape index (κ3) is 10.0. The van der Waals surface area contributed by atoms with E-state index in [0.29, 0.717) is 41.9 Å². The zero-order chi connectivity index (χ0) is 39.4. The molecular formula is C37H40ClFN4O11. The Bertz CT molecular complexity index is 1900. The van der Waals surface area contributed by atoms with Crippen LogP contribution in [0.3, 0.4) is 0 Å². The van der Waals surface area contributed by atoms with Gasteiger partial charge in [-0.25, -0.2) is 18.9 Å². The smallest absolute Gasteiger partial charge is 0.344 e.